The average molecular weight is 407 g/mol. The molecule has 1 aliphatic rings. The van der Waals surface area contributed by atoms with Gasteiger partial charge in [0.05, 0.1) is 23.9 Å². The molecule has 1 amide bonds. The first-order chi connectivity index (χ1) is 14.4. The maximum absolute atomic E-state index is 13.0. The fourth-order valence-electron chi connectivity index (χ4n) is 3.83. The number of methoxy groups -OCH3 is 1. The number of aromatic hydroxyl groups is 1. The van der Waals surface area contributed by atoms with Crippen LogP contribution >= 0.6 is 0 Å². The van der Waals surface area contributed by atoms with Crippen LogP contribution in [0.4, 0.5) is 0 Å². The number of Topliss-reactive ketones (excluding diaryl/α,β-unsaturated/α-hetero) is 1. The smallest absolute Gasteiger partial charge is 0.295 e. The third-order valence-corrected chi connectivity index (χ3v) is 5.21. The van der Waals surface area contributed by atoms with Gasteiger partial charge in [-0.05, 0) is 36.8 Å². The summed E-state index contributed by atoms with van der Waals surface area (Å²) in [5.41, 5.74) is 2.09. The van der Waals surface area contributed by atoms with Crippen molar-refractivity contribution in [3.05, 3.63) is 71.2 Å². The van der Waals surface area contributed by atoms with Crippen molar-refractivity contribution in [2.75, 3.05) is 20.3 Å². The van der Waals surface area contributed by atoms with Crippen molar-refractivity contribution in [3.63, 3.8) is 0 Å². The number of amides is 1. The minimum atomic E-state index is -0.811. The Morgan fingerprint density at radius 3 is 2.60 bits per heavy atom. The monoisotopic (exact) mass is 407 g/mol. The number of rotatable bonds is 5. The quantitative estimate of drug-likeness (QED) is 0.382. The van der Waals surface area contributed by atoms with Gasteiger partial charge in [-0.15, -0.1) is 0 Å². The van der Waals surface area contributed by atoms with E-state index >= 15 is 0 Å². The SMILES string of the molecule is COCCN1C(=O)C(=O)C(=C(O)c2c(C)nc3ccccn23)C1c1ccc(O)cc1. The molecule has 8 nitrogen and oxygen atoms in total. The highest BCUT2D eigenvalue weighted by Gasteiger charge is 2.46. The topological polar surface area (TPSA) is 104 Å². The number of pyridine rings is 1. The molecule has 2 N–H and O–H groups in total. The van der Waals surface area contributed by atoms with Gasteiger partial charge in [-0.25, -0.2) is 4.98 Å². The first-order valence-electron chi connectivity index (χ1n) is 9.44. The number of ether oxygens (including phenoxy) is 1. The van der Waals surface area contributed by atoms with Crippen LogP contribution in [0, 0.1) is 6.92 Å². The van der Waals surface area contributed by atoms with E-state index in [1.54, 1.807) is 41.8 Å². The Hall–Kier alpha value is -3.65. The van der Waals surface area contributed by atoms with Gasteiger partial charge in [-0.2, -0.15) is 0 Å². The lowest BCUT2D eigenvalue weighted by Gasteiger charge is -2.25. The van der Waals surface area contributed by atoms with E-state index in [1.807, 2.05) is 6.07 Å². The average Bonchev–Trinajstić information content (AvgIpc) is 3.20. The number of phenols is 1. The van der Waals surface area contributed by atoms with Crippen LogP contribution in [0.1, 0.15) is 23.0 Å². The fraction of sp³-hybridized carbons (Fsp3) is 0.227. The van der Waals surface area contributed by atoms with Crippen LogP contribution in [0.25, 0.3) is 11.4 Å². The van der Waals surface area contributed by atoms with Crippen molar-refractivity contribution in [2.24, 2.45) is 0 Å². The van der Waals surface area contributed by atoms with Crippen molar-refractivity contribution in [1.29, 1.82) is 0 Å². The number of carbonyl (C=O) groups excluding carboxylic acids is 2. The molecule has 8 heteroatoms. The van der Waals surface area contributed by atoms with Crippen molar-refractivity contribution in [3.8, 4) is 5.75 Å². The molecule has 1 fully saturated rings. The molecule has 1 aliphatic heterocycles. The Kier molecular flexibility index (Phi) is 5.01. The van der Waals surface area contributed by atoms with Crippen molar-refractivity contribution < 1.29 is 24.5 Å². The molecule has 0 aliphatic carbocycles. The highest BCUT2D eigenvalue weighted by atomic mass is 16.5. The van der Waals surface area contributed by atoms with Gasteiger partial charge in [-0.1, -0.05) is 18.2 Å². The first-order valence-corrected chi connectivity index (χ1v) is 9.44. The van der Waals surface area contributed by atoms with Crippen LogP contribution in [0.15, 0.2) is 54.2 Å². The lowest BCUT2D eigenvalue weighted by atomic mass is 9.96. The summed E-state index contributed by atoms with van der Waals surface area (Å²) in [6.45, 7) is 2.14. The van der Waals surface area contributed by atoms with E-state index in [1.165, 1.54) is 24.1 Å². The molecule has 30 heavy (non-hydrogen) atoms. The molecule has 1 saturated heterocycles. The zero-order chi connectivity index (χ0) is 21.4. The summed E-state index contributed by atoms with van der Waals surface area (Å²) in [5, 5.41) is 20.9. The fourth-order valence-corrected chi connectivity index (χ4v) is 3.83. The van der Waals surface area contributed by atoms with Gasteiger partial charge in [0.2, 0.25) is 0 Å². The van der Waals surface area contributed by atoms with Crippen molar-refractivity contribution >= 4 is 23.1 Å². The number of phenolic OH excluding ortho intramolecular Hbond substituents is 1. The number of aliphatic hydroxyl groups excluding tert-OH is 1. The van der Waals surface area contributed by atoms with Crippen molar-refractivity contribution in [1.82, 2.24) is 14.3 Å². The lowest BCUT2D eigenvalue weighted by molar-refractivity contribution is -0.140. The number of aromatic nitrogens is 2. The predicted octanol–water partition coefficient (Wildman–Crippen LogP) is 2.42. The normalized spacial score (nSPS) is 18.5. The highest BCUT2D eigenvalue weighted by Crippen LogP contribution is 2.40. The maximum atomic E-state index is 13.0. The molecule has 0 spiro atoms. The second-order valence-corrected chi connectivity index (χ2v) is 7.05. The lowest BCUT2D eigenvalue weighted by Crippen LogP contribution is -2.32. The minimum absolute atomic E-state index is 0.0180. The first kappa shape index (κ1) is 19.7. The van der Waals surface area contributed by atoms with Crippen LogP contribution in [0.3, 0.4) is 0 Å². The van der Waals surface area contributed by atoms with E-state index in [2.05, 4.69) is 4.98 Å². The second kappa shape index (κ2) is 7.64. The summed E-state index contributed by atoms with van der Waals surface area (Å²) in [6, 6.07) is 10.8. The van der Waals surface area contributed by atoms with Crippen molar-refractivity contribution in [2.45, 2.75) is 13.0 Å². The third-order valence-electron chi connectivity index (χ3n) is 5.21. The molecular formula is C22H21N3O5. The Morgan fingerprint density at radius 2 is 1.90 bits per heavy atom. The van der Waals surface area contributed by atoms with E-state index in [4.69, 9.17) is 4.74 Å². The Labute approximate surface area is 172 Å². The third kappa shape index (κ3) is 3.11. The summed E-state index contributed by atoms with van der Waals surface area (Å²) in [5.74, 6) is -1.71. The van der Waals surface area contributed by atoms with E-state index in [9.17, 15) is 19.8 Å². The summed E-state index contributed by atoms with van der Waals surface area (Å²) in [7, 11) is 1.51. The van der Waals surface area contributed by atoms with Gasteiger partial charge in [-0.3, -0.25) is 14.0 Å². The van der Waals surface area contributed by atoms with Gasteiger partial charge >= 0.3 is 0 Å². The molecular weight excluding hydrogens is 386 g/mol. The Balaban J connectivity index is 1.94. The molecule has 0 bridgehead atoms. The van der Waals surface area contributed by atoms with Crippen LogP contribution < -0.4 is 0 Å². The van der Waals surface area contributed by atoms with Crippen LogP contribution in [-0.4, -0.2) is 56.4 Å². The second-order valence-electron chi connectivity index (χ2n) is 7.05. The van der Waals surface area contributed by atoms with Crippen LogP contribution in [0.2, 0.25) is 0 Å². The van der Waals surface area contributed by atoms with Gasteiger partial charge in [0, 0.05) is 19.9 Å². The number of hydrogen-bond acceptors (Lipinski definition) is 6. The number of likely N-dealkylation sites (tertiary alicyclic amines) is 1. The molecule has 0 radical (unpaired) electrons. The number of fused-ring (bicyclic) bond motifs is 1. The molecule has 1 unspecified atom stereocenters. The zero-order valence-corrected chi connectivity index (χ0v) is 16.6. The highest BCUT2D eigenvalue weighted by molar-refractivity contribution is 6.46. The molecule has 154 valence electrons. The standard InChI is InChI=1S/C22H21N3O5/c1-13-18(24-10-4-3-5-16(24)23-13)20(27)17-19(14-6-8-15(26)9-7-14)25(11-12-30-2)22(29)21(17)28/h3-10,19,26-27H,11-12H2,1-2H3. The number of ketones is 1. The molecule has 2 aromatic heterocycles. The molecule has 3 aromatic rings. The predicted molar refractivity (Wildman–Crippen MR) is 109 cm³/mol. The number of carbonyl (C=O) groups is 2. The maximum Gasteiger partial charge on any atom is 0.295 e. The summed E-state index contributed by atoms with van der Waals surface area (Å²) in [6.07, 6.45) is 1.74. The van der Waals surface area contributed by atoms with Gasteiger partial charge < -0.3 is 19.8 Å². The van der Waals surface area contributed by atoms with E-state index in [0.29, 0.717) is 22.6 Å². The van der Waals surface area contributed by atoms with E-state index < -0.39 is 17.7 Å². The van der Waals surface area contributed by atoms with E-state index in [0.717, 1.165) is 0 Å². The van der Waals surface area contributed by atoms with Crippen LogP contribution in [-0.2, 0) is 14.3 Å². The zero-order valence-electron chi connectivity index (χ0n) is 16.6. The molecule has 4 rings (SSSR count). The minimum Gasteiger partial charge on any atom is -0.508 e. The number of benzene rings is 1. The number of hydrogen-bond donors (Lipinski definition) is 2. The molecule has 1 atom stereocenters. The number of aliphatic hydroxyl groups is 1. The summed E-state index contributed by atoms with van der Waals surface area (Å²) in [4.78, 5) is 31.6. The van der Waals surface area contributed by atoms with Gasteiger partial charge in [0.25, 0.3) is 11.7 Å². The number of aryl methyl sites for hydroxylation is 1. The largest absolute Gasteiger partial charge is 0.508 e. The van der Waals surface area contributed by atoms with E-state index in [-0.39, 0.29) is 30.2 Å². The Morgan fingerprint density at radius 1 is 1.17 bits per heavy atom. The van der Waals surface area contributed by atoms with Gasteiger partial charge in [0.15, 0.2) is 5.76 Å². The summed E-state index contributed by atoms with van der Waals surface area (Å²) >= 11 is 0. The van der Waals surface area contributed by atoms with Crippen LogP contribution in [0.5, 0.6) is 5.75 Å². The molecule has 3 heterocycles. The molecule has 1 aromatic carbocycles. The van der Waals surface area contributed by atoms with Gasteiger partial charge in [0.1, 0.15) is 17.1 Å². The summed E-state index contributed by atoms with van der Waals surface area (Å²) < 4.78 is 6.78. The Bertz CT molecular complexity index is 1160. The molecule has 0 saturated carbocycles. The number of nitrogens with zero attached hydrogens (tertiary/aromatic N) is 3. The number of imidazole rings is 1.